The van der Waals surface area contributed by atoms with Gasteiger partial charge in [-0.15, -0.1) is 0 Å². The molecule has 6 rings (SSSR count). The third-order valence-electron chi connectivity index (χ3n) is 9.53. The first-order chi connectivity index (χ1) is 10.6. The molecule has 3 heteroatoms. The van der Waals surface area contributed by atoms with E-state index in [1.807, 2.05) is 0 Å². The number of Topliss-reactive ketones (excluding diaryl/α,β-unsaturated/α-hetero) is 2. The Morgan fingerprint density at radius 2 is 1.74 bits per heavy atom. The second-order valence-corrected chi connectivity index (χ2v) is 11.5. The van der Waals surface area contributed by atoms with Gasteiger partial charge in [-0.05, 0) is 54.3 Å². The van der Waals surface area contributed by atoms with Crippen molar-refractivity contribution in [3.8, 4) is 0 Å². The molecular formula is C20H27IO2. The number of rotatable bonds is 0. The molecule has 0 aromatic carbocycles. The summed E-state index contributed by atoms with van der Waals surface area (Å²) in [6.07, 6.45) is 5.10. The van der Waals surface area contributed by atoms with Crippen LogP contribution in [-0.2, 0) is 9.59 Å². The van der Waals surface area contributed by atoms with E-state index in [-0.39, 0.29) is 16.2 Å². The van der Waals surface area contributed by atoms with E-state index in [9.17, 15) is 9.59 Å². The minimum atomic E-state index is -0.203. The van der Waals surface area contributed by atoms with Crippen LogP contribution >= 0.6 is 22.6 Å². The summed E-state index contributed by atoms with van der Waals surface area (Å²) in [5, 5.41) is 0. The fourth-order valence-corrected chi connectivity index (χ4v) is 10.2. The van der Waals surface area contributed by atoms with Crippen LogP contribution in [0.1, 0.15) is 59.8 Å². The Kier molecular flexibility index (Phi) is 2.61. The second kappa shape index (κ2) is 3.91. The summed E-state index contributed by atoms with van der Waals surface area (Å²) in [4.78, 5) is 25.9. The molecule has 6 aliphatic carbocycles. The van der Waals surface area contributed by atoms with E-state index in [0.29, 0.717) is 44.6 Å². The summed E-state index contributed by atoms with van der Waals surface area (Å²) >= 11 is 2.64. The van der Waals surface area contributed by atoms with Gasteiger partial charge in [0, 0.05) is 27.1 Å². The Balaban J connectivity index is 1.64. The molecule has 0 aromatic rings. The predicted octanol–water partition coefficient (Wildman–Crippen LogP) is 4.44. The number of carbonyl (C=O) groups excluding carboxylic acids is 2. The van der Waals surface area contributed by atoms with Crippen molar-refractivity contribution in [2.45, 2.75) is 63.7 Å². The molecule has 0 N–H and O–H groups in total. The molecule has 126 valence electrons. The number of halogens is 1. The van der Waals surface area contributed by atoms with E-state index < -0.39 is 0 Å². The summed E-state index contributed by atoms with van der Waals surface area (Å²) in [5.41, 5.74) is 0.225. The van der Waals surface area contributed by atoms with Crippen molar-refractivity contribution in [1.29, 1.82) is 0 Å². The monoisotopic (exact) mass is 426 g/mol. The van der Waals surface area contributed by atoms with E-state index >= 15 is 0 Å². The second-order valence-electron chi connectivity index (χ2n) is 10.2. The molecule has 0 saturated heterocycles. The van der Waals surface area contributed by atoms with Crippen molar-refractivity contribution in [3.05, 3.63) is 0 Å². The van der Waals surface area contributed by atoms with Crippen LogP contribution < -0.4 is 0 Å². The van der Waals surface area contributed by atoms with E-state index in [4.69, 9.17) is 0 Å². The molecule has 0 aromatic heterocycles. The lowest BCUT2D eigenvalue weighted by Gasteiger charge is -2.65. The Morgan fingerprint density at radius 1 is 1.04 bits per heavy atom. The molecule has 6 saturated carbocycles. The van der Waals surface area contributed by atoms with Gasteiger partial charge in [-0.1, -0.05) is 50.3 Å². The molecule has 23 heavy (non-hydrogen) atoms. The largest absolute Gasteiger partial charge is 0.299 e. The Bertz CT molecular complexity index is 654. The first-order valence-corrected chi connectivity index (χ1v) is 10.6. The maximum Gasteiger partial charge on any atom is 0.144 e. The lowest BCUT2D eigenvalue weighted by molar-refractivity contribution is -0.175. The van der Waals surface area contributed by atoms with Crippen molar-refractivity contribution < 1.29 is 9.59 Å². The van der Waals surface area contributed by atoms with Gasteiger partial charge >= 0.3 is 0 Å². The summed E-state index contributed by atoms with van der Waals surface area (Å²) < 4.78 is 0.521. The fourth-order valence-electron chi connectivity index (χ4n) is 8.28. The molecule has 0 heterocycles. The smallest absolute Gasteiger partial charge is 0.144 e. The van der Waals surface area contributed by atoms with Crippen LogP contribution in [0.3, 0.4) is 0 Å². The van der Waals surface area contributed by atoms with Crippen LogP contribution in [0.5, 0.6) is 0 Å². The summed E-state index contributed by atoms with van der Waals surface area (Å²) in [6, 6.07) is 0. The molecule has 6 fully saturated rings. The predicted molar refractivity (Wildman–Crippen MR) is 97.3 cm³/mol. The molecule has 2 nitrogen and oxygen atoms in total. The van der Waals surface area contributed by atoms with E-state index in [2.05, 4.69) is 50.3 Å². The van der Waals surface area contributed by atoms with Gasteiger partial charge in [0.05, 0.1) is 0 Å². The van der Waals surface area contributed by atoms with Crippen LogP contribution in [0.25, 0.3) is 0 Å². The lowest BCUT2D eigenvalue weighted by atomic mass is 9.39. The van der Waals surface area contributed by atoms with Crippen molar-refractivity contribution in [2.75, 3.05) is 0 Å². The van der Waals surface area contributed by atoms with E-state index in [1.54, 1.807) is 0 Å². The van der Waals surface area contributed by atoms with Gasteiger partial charge in [-0.25, -0.2) is 0 Å². The molecule has 8 atom stereocenters. The highest BCUT2D eigenvalue weighted by Gasteiger charge is 2.86. The third-order valence-corrected chi connectivity index (χ3v) is 12.0. The first-order valence-electron chi connectivity index (χ1n) is 9.34. The standard InChI is InChI=1S/C20H27IO2/c1-17(2)11-5-8-20-12(18(11,3)7-6-13(17)22)9-10-14(15(20)23)19(10,4)16(20)21/h10-12,14,16H,5-9H2,1-4H3/t10-,11+,12-,14?,16-,18+,19+,20-/m1/s1. The number of fused-ring (bicyclic) bond motifs is 1. The minimum Gasteiger partial charge on any atom is -0.299 e. The lowest BCUT2D eigenvalue weighted by Crippen LogP contribution is -2.64. The zero-order chi connectivity index (χ0) is 16.6. The number of hydrogen-bond donors (Lipinski definition) is 0. The van der Waals surface area contributed by atoms with Crippen molar-refractivity contribution >= 4 is 34.2 Å². The van der Waals surface area contributed by atoms with Crippen molar-refractivity contribution in [2.24, 2.45) is 45.3 Å². The van der Waals surface area contributed by atoms with Crippen LogP contribution in [0.2, 0.25) is 0 Å². The molecule has 0 radical (unpaired) electrons. The van der Waals surface area contributed by atoms with Gasteiger partial charge < -0.3 is 0 Å². The molecule has 0 aliphatic heterocycles. The quantitative estimate of drug-likeness (QED) is 0.424. The topological polar surface area (TPSA) is 34.1 Å². The third kappa shape index (κ3) is 1.32. The van der Waals surface area contributed by atoms with Crippen LogP contribution in [0.15, 0.2) is 0 Å². The van der Waals surface area contributed by atoms with Gasteiger partial charge in [0.15, 0.2) is 0 Å². The highest BCUT2D eigenvalue weighted by atomic mass is 127. The Hall–Kier alpha value is 0.0700. The van der Waals surface area contributed by atoms with Gasteiger partial charge in [0.2, 0.25) is 0 Å². The van der Waals surface area contributed by atoms with Crippen molar-refractivity contribution in [3.63, 3.8) is 0 Å². The highest BCUT2D eigenvalue weighted by Crippen LogP contribution is 2.85. The number of ketones is 2. The van der Waals surface area contributed by atoms with Crippen LogP contribution in [0, 0.1) is 45.3 Å². The average molecular weight is 426 g/mol. The number of hydrogen-bond acceptors (Lipinski definition) is 2. The summed E-state index contributed by atoms with van der Waals surface area (Å²) in [7, 11) is 0. The van der Waals surface area contributed by atoms with Gasteiger partial charge in [0.1, 0.15) is 11.6 Å². The van der Waals surface area contributed by atoms with Crippen LogP contribution in [-0.4, -0.2) is 15.5 Å². The highest BCUT2D eigenvalue weighted by molar-refractivity contribution is 14.1. The zero-order valence-corrected chi connectivity index (χ0v) is 16.8. The van der Waals surface area contributed by atoms with E-state index in [1.165, 1.54) is 6.42 Å². The number of carbonyl (C=O) groups is 2. The molecular weight excluding hydrogens is 399 g/mol. The number of alkyl halides is 1. The Labute approximate surface area is 152 Å². The van der Waals surface area contributed by atoms with E-state index in [0.717, 1.165) is 25.7 Å². The van der Waals surface area contributed by atoms with Gasteiger partial charge in [0.25, 0.3) is 0 Å². The molecule has 6 aliphatic rings. The molecule has 1 spiro atoms. The minimum absolute atomic E-state index is 0.0591. The summed E-state index contributed by atoms with van der Waals surface area (Å²) in [6.45, 7) is 9.16. The molecule has 4 bridgehead atoms. The maximum absolute atomic E-state index is 13.4. The van der Waals surface area contributed by atoms with Crippen LogP contribution in [0.4, 0.5) is 0 Å². The zero-order valence-electron chi connectivity index (χ0n) is 14.6. The first kappa shape index (κ1) is 15.3. The summed E-state index contributed by atoms with van der Waals surface area (Å²) in [5.74, 6) is 3.07. The Morgan fingerprint density at radius 3 is 2.35 bits per heavy atom. The van der Waals surface area contributed by atoms with Gasteiger partial charge in [-0.2, -0.15) is 0 Å². The maximum atomic E-state index is 13.4. The van der Waals surface area contributed by atoms with Crippen molar-refractivity contribution in [1.82, 2.24) is 0 Å². The van der Waals surface area contributed by atoms with Gasteiger partial charge in [-0.3, -0.25) is 9.59 Å². The average Bonchev–Trinajstić information content (AvgIpc) is 3.07. The molecule has 1 unspecified atom stereocenters. The molecule has 0 amide bonds. The fraction of sp³-hybridized carbons (Fsp3) is 0.900. The SMILES string of the molecule is CC1(C)C(=O)CC[C@]2(C)[C@H]3C[C@@H]4C5C(=O)[C@]3(CC[C@@H]12)[C@H](I)[C@]54C. The normalized spacial score (nSPS) is 61.9.